The molecule has 0 radical (unpaired) electrons. The molecule has 90 valence electrons. The highest BCUT2D eigenvalue weighted by Crippen LogP contribution is 2.28. The van der Waals surface area contributed by atoms with Crippen molar-refractivity contribution in [2.24, 2.45) is 0 Å². The van der Waals surface area contributed by atoms with Crippen LogP contribution < -0.4 is 4.90 Å². The van der Waals surface area contributed by atoms with E-state index in [2.05, 4.69) is 6.92 Å². The van der Waals surface area contributed by atoms with Crippen molar-refractivity contribution in [1.82, 2.24) is 0 Å². The Kier molecular flexibility index (Phi) is 3.52. The average molecular weight is 249 g/mol. The quantitative estimate of drug-likeness (QED) is 0.771. The van der Waals surface area contributed by atoms with Crippen molar-refractivity contribution < 1.29 is 9.59 Å². The zero-order valence-corrected chi connectivity index (χ0v) is 10.8. The third-order valence-electron chi connectivity index (χ3n) is 2.99. The smallest absolute Gasteiger partial charge is 0.247 e. The first kappa shape index (κ1) is 12.2. The molecule has 1 saturated heterocycles. The van der Waals surface area contributed by atoms with Crippen LogP contribution in [0.3, 0.4) is 0 Å². The lowest BCUT2D eigenvalue weighted by atomic mass is 10.1. The molecule has 0 N–H and O–H groups in total. The zero-order valence-electron chi connectivity index (χ0n) is 9.97. The number of anilines is 1. The predicted molar refractivity (Wildman–Crippen MR) is 70.2 cm³/mol. The molecule has 1 aliphatic rings. The molecule has 1 fully saturated rings. The lowest BCUT2D eigenvalue weighted by molar-refractivity contribution is -0.121. The van der Waals surface area contributed by atoms with Gasteiger partial charge in [0.25, 0.3) is 0 Å². The van der Waals surface area contributed by atoms with Gasteiger partial charge in [0.05, 0.1) is 10.9 Å². The molecule has 0 aromatic heterocycles. The second kappa shape index (κ2) is 4.92. The van der Waals surface area contributed by atoms with E-state index >= 15 is 0 Å². The normalized spacial score (nSPS) is 20.1. The second-order valence-electron chi connectivity index (χ2n) is 4.02. The molecule has 0 spiro atoms. The number of aryl methyl sites for hydroxylation is 1. The highest BCUT2D eigenvalue weighted by Gasteiger charge is 2.38. The molecule has 1 aliphatic heterocycles. The Bertz CT molecular complexity index is 441. The molecule has 0 aliphatic carbocycles. The molecule has 1 aromatic carbocycles. The summed E-state index contributed by atoms with van der Waals surface area (Å²) in [7, 11) is 0. The van der Waals surface area contributed by atoms with Crippen LogP contribution in [0.4, 0.5) is 5.69 Å². The summed E-state index contributed by atoms with van der Waals surface area (Å²) in [4.78, 5) is 25.1. The third kappa shape index (κ3) is 2.22. The van der Waals surface area contributed by atoms with Crippen LogP contribution in [0.1, 0.15) is 18.9 Å². The Balaban J connectivity index is 2.27. The number of imide groups is 1. The first-order chi connectivity index (χ1) is 8.17. The maximum absolute atomic E-state index is 12.0. The van der Waals surface area contributed by atoms with Crippen molar-refractivity contribution in [3.8, 4) is 0 Å². The summed E-state index contributed by atoms with van der Waals surface area (Å²) < 4.78 is 0. The highest BCUT2D eigenvalue weighted by atomic mass is 32.2. The summed E-state index contributed by atoms with van der Waals surface area (Å²) in [6, 6.07) is 7.61. The first-order valence-electron chi connectivity index (χ1n) is 5.66. The van der Waals surface area contributed by atoms with Crippen LogP contribution in [0.15, 0.2) is 24.3 Å². The second-order valence-corrected chi connectivity index (χ2v) is 5.06. The van der Waals surface area contributed by atoms with Crippen LogP contribution in [0.25, 0.3) is 0 Å². The minimum Gasteiger partial charge on any atom is -0.274 e. The van der Waals surface area contributed by atoms with E-state index in [1.807, 2.05) is 30.5 Å². The van der Waals surface area contributed by atoms with Gasteiger partial charge < -0.3 is 0 Å². The Morgan fingerprint density at radius 1 is 1.29 bits per heavy atom. The van der Waals surface area contributed by atoms with E-state index in [1.165, 1.54) is 22.2 Å². The Morgan fingerprint density at radius 3 is 2.41 bits per heavy atom. The van der Waals surface area contributed by atoms with Gasteiger partial charge in [0, 0.05) is 6.42 Å². The van der Waals surface area contributed by atoms with E-state index in [4.69, 9.17) is 0 Å². The molecule has 1 aromatic rings. The maximum atomic E-state index is 12.0. The van der Waals surface area contributed by atoms with Crippen LogP contribution in [0, 0.1) is 0 Å². The maximum Gasteiger partial charge on any atom is 0.247 e. The van der Waals surface area contributed by atoms with Gasteiger partial charge in [0.15, 0.2) is 0 Å². The van der Waals surface area contributed by atoms with Crippen molar-refractivity contribution in [2.75, 3.05) is 11.2 Å². The van der Waals surface area contributed by atoms with Crippen molar-refractivity contribution in [3.63, 3.8) is 0 Å². The highest BCUT2D eigenvalue weighted by molar-refractivity contribution is 8.00. The lowest BCUT2D eigenvalue weighted by Gasteiger charge is -2.14. The fourth-order valence-electron chi connectivity index (χ4n) is 1.94. The predicted octanol–water partition coefficient (Wildman–Crippen LogP) is 2.24. The summed E-state index contributed by atoms with van der Waals surface area (Å²) >= 11 is 1.44. The number of thioether (sulfide) groups is 1. The standard InChI is InChI=1S/C13H15NO2S/c1-3-9-4-6-10(7-5-9)14-12(15)8-11(17-2)13(14)16/h4-7,11H,3,8H2,1-2H3. The number of benzene rings is 1. The summed E-state index contributed by atoms with van der Waals surface area (Å²) in [5.41, 5.74) is 1.89. The van der Waals surface area contributed by atoms with Gasteiger partial charge in [-0.1, -0.05) is 19.1 Å². The monoisotopic (exact) mass is 249 g/mol. The number of nitrogens with zero attached hydrogens (tertiary/aromatic N) is 1. The minimum atomic E-state index is -0.214. The molecular formula is C13H15NO2S. The SMILES string of the molecule is CCc1ccc(N2C(=O)CC(SC)C2=O)cc1. The van der Waals surface area contributed by atoms with E-state index in [0.717, 1.165) is 6.42 Å². The molecule has 4 heteroatoms. The summed E-state index contributed by atoms with van der Waals surface area (Å²) in [5, 5.41) is -0.214. The van der Waals surface area contributed by atoms with Gasteiger partial charge in [0.2, 0.25) is 11.8 Å². The summed E-state index contributed by atoms with van der Waals surface area (Å²) in [5.74, 6) is -0.189. The van der Waals surface area contributed by atoms with Gasteiger partial charge in [-0.2, -0.15) is 11.8 Å². The van der Waals surface area contributed by atoms with Crippen LogP contribution >= 0.6 is 11.8 Å². The largest absolute Gasteiger partial charge is 0.274 e. The van der Waals surface area contributed by atoms with Crippen molar-refractivity contribution in [3.05, 3.63) is 29.8 Å². The molecule has 1 heterocycles. The fourth-order valence-corrected chi connectivity index (χ4v) is 2.56. The number of carbonyl (C=O) groups excluding carboxylic acids is 2. The van der Waals surface area contributed by atoms with E-state index in [1.54, 1.807) is 0 Å². The van der Waals surface area contributed by atoms with Gasteiger partial charge in [-0.05, 0) is 30.4 Å². The first-order valence-corrected chi connectivity index (χ1v) is 6.94. The minimum absolute atomic E-state index is 0.0910. The lowest BCUT2D eigenvalue weighted by Crippen LogP contribution is -2.30. The van der Waals surface area contributed by atoms with Gasteiger partial charge >= 0.3 is 0 Å². The number of hydrogen-bond donors (Lipinski definition) is 0. The van der Waals surface area contributed by atoms with E-state index < -0.39 is 0 Å². The average Bonchev–Trinajstić information content (AvgIpc) is 2.64. The Morgan fingerprint density at radius 2 is 1.94 bits per heavy atom. The molecule has 3 nitrogen and oxygen atoms in total. The molecule has 2 amide bonds. The molecule has 0 bridgehead atoms. The van der Waals surface area contributed by atoms with Crippen molar-refractivity contribution >= 4 is 29.3 Å². The fraction of sp³-hybridized carbons (Fsp3) is 0.385. The molecule has 17 heavy (non-hydrogen) atoms. The van der Waals surface area contributed by atoms with E-state index in [0.29, 0.717) is 12.1 Å². The number of rotatable bonds is 3. The topological polar surface area (TPSA) is 37.4 Å². The summed E-state index contributed by atoms with van der Waals surface area (Å²) in [6.45, 7) is 2.07. The van der Waals surface area contributed by atoms with E-state index in [9.17, 15) is 9.59 Å². The van der Waals surface area contributed by atoms with Gasteiger partial charge in [-0.25, -0.2) is 4.90 Å². The molecule has 1 unspecified atom stereocenters. The van der Waals surface area contributed by atoms with E-state index in [-0.39, 0.29) is 17.1 Å². The van der Waals surface area contributed by atoms with Crippen molar-refractivity contribution in [1.29, 1.82) is 0 Å². The number of amides is 2. The molecule has 0 saturated carbocycles. The summed E-state index contributed by atoms with van der Waals surface area (Å²) in [6.07, 6.45) is 3.13. The van der Waals surface area contributed by atoms with Crippen LogP contribution in [0.2, 0.25) is 0 Å². The van der Waals surface area contributed by atoms with Crippen LogP contribution in [0.5, 0.6) is 0 Å². The van der Waals surface area contributed by atoms with Crippen LogP contribution in [-0.2, 0) is 16.0 Å². The Labute approximate surface area is 105 Å². The van der Waals surface area contributed by atoms with Gasteiger partial charge in [-0.15, -0.1) is 0 Å². The molecular weight excluding hydrogens is 234 g/mol. The van der Waals surface area contributed by atoms with Crippen LogP contribution in [-0.4, -0.2) is 23.3 Å². The number of carbonyl (C=O) groups is 2. The Hall–Kier alpha value is -1.29. The number of hydrogen-bond acceptors (Lipinski definition) is 3. The molecule has 2 rings (SSSR count). The van der Waals surface area contributed by atoms with Gasteiger partial charge in [-0.3, -0.25) is 9.59 Å². The zero-order chi connectivity index (χ0) is 12.4. The molecule has 1 atom stereocenters. The third-order valence-corrected chi connectivity index (χ3v) is 3.93. The van der Waals surface area contributed by atoms with Gasteiger partial charge in [0.1, 0.15) is 0 Å². The van der Waals surface area contributed by atoms with Crippen molar-refractivity contribution in [2.45, 2.75) is 25.0 Å².